The summed E-state index contributed by atoms with van der Waals surface area (Å²) in [5.41, 5.74) is 6.53. The molecule has 0 bridgehead atoms. The van der Waals surface area contributed by atoms with Crippen molar-refractivity contribution >= 4 is 16.2 Å². The predicted molar refractivity (Wildman–Crippen MR) is 126 cm³/mol. The van der Waals surface area contributed by atoms with Crippen LogP contribution in [-0.2, 0) is 16.6 Å². The van der Waals surface area contributed by atoms with Crippen LogP contribution in [0.4, 0.5) is 0 Å². The highest BCUT2D eigenvalue weighted by atomic mass is 32.2. The molecule has 9 nitrogen and oxygen atoms in total. The predicted octanol–water partition coefficient (Wildman–Crippen LogP) is 1.87. The number of nitriles is 1. The molecule has 1 aliphatic heterocycles. The van der Waals surface area contributed by atoms with E-state index in [4.69, 9.17) is 15.7 Å². The summed E-state index contributed by atoms with van der Waals surface area (Å²) in [5, 5.41) is 20.1. The first-order valence-corrected chi connectivity index (χ1v) is 12.1. The smallest absolute Gasteiger partial charge is 0.304 e. The fourth-order valence-electron chi connectivity index (χ4n) is 3.78. The molecule has 1 aliphatic rings. The normalized spacial score (nSPS) is 19.8. The third kappa shape index (κ3) is 5.63. The lowest BCUT2D eigenvalue weighted by atomic mass is 9.86. The SMILES string of the molecule is CC1(C)Oc2ccccc2C(N(C(N)=NCC#N)S(=O)(=O)NCCCc2ccccc2)C1O. The highest BCUT2D eigenvalue weighted by molar-refractivity contribution is 7.87. The molecule has 0 aromatic heterocycles. The van der Waals surface area contributed by atoms with Gasteiger partial charge in [-0.05, 0) is 38.3 Å². The first-order valence-electron chi connectivity index (χ1n) is 10.6. The molecule has 33 heavy (non-hydrogen) atoms. The maximum absolute atomic E-state index is 13.4. The van der Waals surface area contributed by atoms with E-state index in [2.05, 4.69) is 9.71 Å². The van der Waals surface area contributed by atoms with E-state index >= 15 is 0 Å². The van der Waals surface area contributed by atoms with Gasteiger partial charge in [0.05, 0.1) is 6.07 Å². The largest absolute Gasteiger partial charge is 0.485 e. The Morgan fingerprint density at radius 2 is 1.91 bits per heavy atom. The lowest BCUT2D eigenvalue weighted by molar-refractivity contribution is -0.0720. The zero-order valence-electron chi connectivity index (χ0n) is 18.7. The third-order valence-electron chi connectivity index (χ3n) is 5.44. The fourth-order valence-corrected chi connectivity index (χ4v) is 5.15. The Morgan fingerprint density at radius 3 is 2.61 bits per heavy atom. The van der Waals surface area contributed by atoms with Gasteiger partial charge >= 0.3 is 10.2 Å². The van der Waals surface area contributed by atoms with Gasteiger partial charge in [0.25, 0.3) is 0 Å². The summed E-state index contributed by atoms with van der Waals surface area (Å²) in [7, 11) is -4.23. The number of para-hydroxylation sites is 1. The molecule has 0 saturated heterocycles. The second kappa shape index (κ2) is 10.2. The number of aliphatic hydroxyl groups excluding tert-OH is 1. The molecule has 0 aliphatic carbocycles. The van der Waals surface area contributed by atoms with Crippen LogP contribution in [0.3, 0.4) is 0 Å². The summed E-state index contributed by atoms with van der Waals surface area (Å²) in [6, 6.07) is 17.3. The van der Waals surface area contributed by atoms with Crippen LogP contribution in [0, 0.1) is 11.3 Å². The molecule has 1 heterocycles. The average molecular weight is 472 g/mol. The number of fused-ring (bicyclic) bond motifs is 1. The summed E-state index contributed by atoms with van der Waals surface area (Å²) < 4.78 is 36.2. The Labute approximate surface area is 194 Å². The van der Waals surface area contributed by atoms with Crippen LogP contribution in [0.2, 0.25) is 0 Å². The van der Waals surface area contributed by atoms with E-state index in [0.717, 1.165) is 9.87 Å². The maximum atomic E-state index is 13.4. The summed E-state index contributed by atoms with van der Waals surface area (Å²) in [6.45, 7) is 3.17. The number of hydrogen-bond acceptors (Lipinski definition) is 6. The second-order valence-electron chi connectivity index (χ2n) is 8.25. The molecule has 0 fully saturated rings. The van der Waals surface area contributed by atoms with Gasteiger partial charge in [0.2, 0.25) is 5.96 Å². The average Bonchev–Trinajstić information content (AvgIpc) is 2.78. The summed E-state index contributed by atoms with van der Waals surface area (Å²) in [6.07, 6.45) is -0.00822. The fraction of sp³-hybridized carbons (Fsp3) is 0.391. The number of aliphatic hydroxyl groups is 1. The number of rotatable bonds is 8. The van der Waals surface area contributed by atoms with Crippen LogP contribution >= 0.6 is 0 Å². The molecule has 0 radical (unpaired) electrons. The number of aliphatic imine (C=N–C) groups is 1. The van der Waals surface area contributed by atoms with Crippen molar-refractivity contribution in [2.75, 3.05) is 13.1 Å². The minimum Gasteiger partial charge on any atom is -0.485 e. The molecular weight excluding hydrogens is 442 g/mol. The topological polar surface area (TPSA) is 141 Å². The number of benzene rings is 2. The van der Waals surface area contributed by atoms with E-state index in [1.165, 1.54) is 0 Å². The Morgan fingerprint density at radius 1 is 1.24 bits per heavy atom. The van der Waals surface area contributed by atoms with E-state index in [0.29, 0.717) is 24.2 Å². The summed E-state index contributed by atoms with van der Waals surface area (Å²) >= 11 is 0. The van der Waals surface area contributed by atoms with Crippen molar-refractivity contribution in [2.24, 2.45) is 10.7 Å². The number of nitrogens with zero attached hydrogens (tertiary/aromatic N) is 3. The molecule has 0 saturated carbocycles. The van der Waals surface area contributed by atoms with Gasteiger partial charge < -0.3 is 15.6 Å². The third-order valence-corrected chi connectivity index (χ3v) is 6.94. The number of nitrogens with one attached hydrogen (secondary N) is 1. The van der Waals surface area contributed by atoms with Crippen LogP contribution in [0.5, 0.6) is 5.75 Å². The maximum Gasteiger partial charge on any atom is 0.304 e. The highest BCUT2D eigenvalue weighted by Gasteiger charge is 2.49. The molecule has 4 N–H and O–H groups in total. The first kappa shape index (κ1) is 24.5. The van der Waals surface area contributed by atoms with Crippen molar-refractivity contribution in [3.8, 4) is 11.8 Å². The highest BCUT2D eigenvalue weighted by Crippen LogP contribution is 2.43. The van der Waals surface area contributed by atoms with E-state index in [1.807, 2.05) is 36.4 Å². The van der Waals surface area contributed by atoms with E-state index in [1.54, 1.807) is 38.1 Å². The van der Waals surface area contributed by atoms with Crippen molar-refractivity contribution in [2.45, 2.75) is 44.4 Å². The van der Waals surface area contributed by atoms with Gasteiger partial charge in [-0.15, -0.1) is 0 Å². The van der Waals surface area contributed by atoms with Crippen LogP contribution in [0.15, 0.2) is 59.6 Å². The zero-order chi connectivity index (χ0) is 24.1. The van der Waals surface area contributed by atoms with Gasteiger partial charge in [0.15, 0.2) is 0 Å². The van der Waals surface area contributed by atoms with Gasteiger partial charge in [-0.25, -0.2) is 9.30 Å². The molecule has 2 aromatic rings. The van der Waals surface area contributed by atoms with Crippen molar-refractivity contribution in [1.82, 2.24) is 9.03 Å². The van der Waals surface area contributed by atoms with Crippen LogP contribution in [-0.4, -0.2) is 48.6 Å². The van der Waals surface area contributed by atoms with E-state index in [9.17, 15) is 13.5 Å². The van der Waals surface area contributed by atoms with Crippen LogP contribution < -0.4 is 15.2 Å². The Balaban J connectivity index is 1.92. The number of nitrogens with two attached hydrogens (primary N) is 1. The molecule has 0 spiro atoms. The minimum atomic E-state index is -4.23. The number of aryl methyl sites for hydroxylation is 1. The van der Waals surface area contributed by atoms with Gasteiger partial charge in [0, 0.05) is 12.1 Å². The number of guanidine groups is 1. The lowest BCUT2D eigenvalue weighted by Gasteiger charge is -2.45. The standard InChI is InChI=1S/C23H29N5O4S/c1-23(2)21(29)20(18-12-6-7-13-19(18)32-23)28(22(25)26-16-14-24)33(30,31)27-15-8-11-17-9-4-3-5-10-17/h3-7,9-10,12-13,20-21,27,29H,8,11,15-16H2,1-2H3,(H2,25,26). The number of hydrogen-bond donors (Lipinski definition) is 3. The molecule has 3 rings (SSSR count). The van der Waals surface area contributed by atoms with Crippen LogP contribution in [0.1, 0.15) is 37.4 Å². The quantitative estimate of drug-likeness (QED) is 0.232. The van der Waals surface area contributed by atoms with Crippen molar-refractivity contribution < 1.29 is 18.3 Å². The molecule has 2 atom stereocenters. The van der Waals surface area contributed by atoms with Gasteiger partial charge in [-0.3, -0.25) is 0 Å². The Kier molecular flexibility index (Phi) is 7.58. The molecule has 0 amide bonds. The molecule has 10 heteroatoms. The second-order valence-corrected chi connectivity index (χ2v) is 9.88. The number of ether oxygens (including phenoxy) is 1. The Bertz CT molecular complexity index is 1130. The molecule has 2 aromatic carbocycles. The molecule has 176 valence electrons. The first-order chi connectivity index (χ1) is 15.7. The van der Waals surface area contributed by atoms with Crippen molar-refractivity contribution in [1.29, 1.82) is 5.26 Å². The Hall–Kier alpha value is -3.13. The van der Waals surface area contributed by atoms with Gasteiger partial charge in [-0.1, -0.05) is 48.5 Å². The van der Waals surface area contributed by atoms with E-state index < -0.39 is 28.0 Å². The van der Waals surface area contributed by atoms with Crippen molar-refractivity contribution in [3.05, 3.63) is 65.7 Å². The molecular formula is C23H29N5O4S. The van der Waals surface area contributed by atoms with Crippen molar-refractivity contribution in [3.63, 3.8) is 0 Å². The van der Waals surface area contributed by atoms with Crippen LogP contribution in [0.25, 0.3) is 0 Å². The summed E-state index contributed by atoms with van der Waals surface area (Å²) in [5.74, 6) is 0.0545. The summed E-state index contributed by atoms with van der Waals surface area (Å²) in [4.78, 5) is 3.90. The molecule has 2 unspecified atom stereocenters. The van der Waals surface area contributed by atoms with Gasteiger partial charge in [-0.2, -0.15) is 18.4 Å². The monoisotopic (exact) mass is 471 g/mol. The minimum absolute atomic E-state index is 0.156. The lowest BCUT2D eigenvalue weighted by Crippen LogP contribution is -2.59. The van der Waals surface area contributed by atoms with Gasteiger partial charge in [0.1, 0.15) is 30.0 Å². The van der Waals surface area contributed by atoms with E-state index in [-0.39, 0.29) is 19.0 Å². The zero-order valence-corrected chi connectivity index (χ0v) is 19.5.